The Morgan fingerprint density at radius 2 is 1.93 bits per heavy atom. The molecular weight excluding hydrogens is 520 g/mol. The monoisotopic (exact) mass is 560 g/mol. The molecule has 0 aromatic heterocycles. The van der Waals surface area contributed by atoms with Crippen LogP contribution in [0.15, 0.2) is 12.1 Å². The third-order valence-corrected chi connectivity index (χ3v) is 9.24. The van der Waals surface area contributed by atoms with E-state index in [1.165, 1.54) is 4.90 Å². The van der Waals surface area contributed by atoms with Crippen LogP contribution in [0.2, 0.25) is 0 Å². The van der Waals surface area contributed by atoms with Crippen molar-refractivity contribution >= 4 is 17.9 Å². The average molecular weight is 561 g/mol. The normalized spacial score (nSPS) is 30.2. The van der Waals surface area contributed by atoms with Crippen LogP contribution in [0.4, 0.5) is 4.79 Å². The van der Waals surface area contributed by atoms with Crippen molar-refractivity contribution in [1.82, 2.24) is 20.4 Å². The first kappa shape index (κ1) is 28.4. The van der Waals surface area contributed by atoms with E-state index < -0.39 is 46.6 Å². The van der Waals surface area contributed by atoms with Gasteiger partial charge in [-0.3, -0.25) is 9.59 Å². The zero-order valence-corrected chi connectivity index (χ0v) is 23.5. The van der Waals surface area contributed by atoms with Gasteiger partial charge in [0.05, 0.1) is 17.1 Å². The number of phenols is 1. The van der Waals surface area contributed by atoms with Gasteiger partial charge in [-0.1, -0.05) is 6.07 Å². The minimum Gasteiger partial charge on any atom is -0.504 e. The van der Waals surface area contributed by atoms with Crippen molar-refractivity contribution < 1.29 is 39.2 Å². The lowest BCUT2D eigenvalue weighted by atomic mass is 9.48. The van der Waals surface area contributed by atoms with Gasteiger partial charge in [-0.25, -0.2) is 4.79 Å². The summed E-state index contributed by atoms with van der Waals surface area (Å²) in [5.41, 5.74) is -0.443. The number of piperidine rings is 1. The maximum Gasteiger partial charge on any atom is 0.407 e. The van der Waals surface area contributed by atoms with Gasteiger partial charge in [-0.2, -0.15) is 0 Å². The number of phenolic OH excluding ortho intramolecular Hbond substituents is 1. The summed E-state index contributed by atoms with van der Waals surface area (Å²) < 4.78 is 11.7. The maximum absolute atomic E-state index is 12.9. The molecule has 5 rings (SSSR count). The Labute approximate surface area is 233 Å². The molecule has 1 spiro atoms. The number of nitrogens with zero attached hydrogens (tertiary/aromatic N) is 2. The first-order chi connectivity index (χ1) is 18.8. The number of rotatable bonds is 8. The molecule has 2 aliphatic carbocycles. The lowest BCUT2D eigenvalue weighted by molar-refractivity contribution is -0.187. The number of aromatic hydroxyl groups is 1. The third-order valence-electron chi connectivity index (χ3n) is 9.24. The van der Waals surface area contributed by atoms with Crippen LogP contribution in [0.1, 0.15) is 51.2 Å². The summed E-state index contributed by atoms with van der Waals surface area (Å²) in [6.45, 7) is 5.63. The number of benzene rings is 1. The molecule has 2 heterocycles. The molecule has 1 unspecified atom stereocenters. The van der Waals surface area contributed by atoms with Crippen molar-refractivity contribution in [2.75, 3.05) is 39.9 Å². The Balaban J connectivity index is 1.19. The van der Waals surface area contributed by atoms with Crippen LogP contribution in [0, 0.1) is 0 Å². The zero-order chi connectivity index (χ0) is 29.0. The zero-order valence-electron chi connectivity index (χ0n) is 23.5. The molecule has 2 fully saturated rings. The lowest BCUT2D eigenvalue weighted by Gasteiger charge is -2.63. The molecule has 12 heteroatoms. The number of hydrogen-bond acceptors (Lipinski definition) is 8. The molecule has 2 aliphatic heterocycles. The first-order valence-electron chi connectivity index (χ1n) is 13.9. The Hall–Kier alpha value is -3.09. The molecule has 1 saturated carbocycles. The Bertz CT molecular complexity index is 1200. The number of likely N-dealkylation sites (N-methyl/N-ethyl adjacent to an activating group) is 1. The maximum atomic E-state index is 12.9. The number of likely N-dealkylation sites (tertiary alicyclic amines) is 1. The first-order valence-corrected chi connectivity index (χ1v) is 13.9. The van der Waals surface area contributed by atoms with E-state index in [0.717, 1.165) is 17.7 Å². The van der Waals surface area contributed by atoms with Crippen LogP contribution in [-0.4, -0.2) is 112 Å². The number of carbonyl (C=O) groups is 3. The van der Waals surface area contributed by atoms with E-state index in [0.29, 0.717) is 31.4 Å². The van der Waals surface area contributed by atoms with Crippen LogP contribution in [0.25, 0.3) is 0 Å². The molecule has 1 saturated heterocycles. The second-order valence-corrected chi connectivity index (χ2v) is 12.5. The van der Waals surface area contributed by atoms with Gasteiger partial charge in [0.1, 0.15) is 19.3 Å². The van der Waals surface area contributed by atoms with Gasteiger partial charge < -0.3 is 45.2 Å². The largest absolute Gasteiger partial charge is 0.504 e. The van der Waals surface area contributed by atoms with Gasteiger partial charge >= 0.3 is 6.09 Å². The topological polar surface area (TPSA) is 161 Å². The highest BCUT2D eigenvalue weighted by molar-refractivity contribution is 5.80. The Kier molecular flexibility index (Phi) is 7.16. The van der Waals surface area contributed by atoms with Crippen LogP contribution >= 0.6 is 0 Å². The van der Waals surface area contributed by atoms with Gasteiger partial charge in [0, 0.05) is 30.2 Å². The fourth-order valence-corrected chi connectivity index (χ4v) is 7.46. The van der Waals surface area contributed by atoms with Gasteiger partial charge in [0.2, 0.25) is 11.8 Å². The summed E-state index contributed by atoms with van der Waals surface area (Å²) in [5, 5.41) is 37.8. The summed E-state index contributed by atoms with van der Waals surface area (Å²) in [4.78, 5) is 39.9. The summed E-state index contributed by atoms with van der Waals surface area (Å²) in [6, 6.07) is 3.06. The van der Waals surface area contributed by atoms with E-state index in [1.54, 1.807) is 26.8 Å². The van der Waals surface area contributed by atoms with E-state index in [1.807, 2.05) is 13.1 Å². The molecule has 4 aliphatic rings. The molecule has 12 nitrogen and oxygen atoms in total. The molecular formula is C28H40N4O8. The van der Waals surface area contributed by atoms with Gasteiger partial charge in [-0.15, -0.1) is 0 Å². The summed E-state index contributed by atoms with van der Waals surface area (Å²) in [7, 11) is 2.03. The summed E-state index contributed by atoms with van der Waals surface area (Å²) >= 11 is 0. The molecule has 5 N–H and O–H groups in total. The quantitative estimate of drug-likeness (QED) is 0.306. The molecule has 1 aromatic rings. The van der Waals surface area contributed by atoms with E-state index in [9.17, 15) is 29.7 Å². The Morgan fingerprint density at radius 1 is 1.20 bits per heavy atom. The predicted molar refractivity (Wildman–Crippen MR) is 143 cm³/mol. The highest BCUT2D eigenvalue weighted by Crippen LogP contribution is 2.65. The fourth-order valence-electron chi connectivity index (χ4n) is 7.46. The highest BCUT2D eigenvalue weighted by Gasteiger charge is 2.72. The van der Waals surface area contributed by atoms with Gasteiger partial charge in [-0.05, 0) is 71.7 Å². The van der Waals surface area contributed by atoms with Crippen LogP contribution in [0.5, 0.6) is 11.5 Å². The number of aliphatic hydroxyl groups is 1. The molecule has 5 atom stereocenters. The van der Waals surface area contributed by atoms with Crippen molar-refractivity contribution in [2.45, 2.75) is 81.2 Å². The van der Waals surface area contributed by atoms with Crippen molar-refractivity contribution in [3.63, 3.8) is 0 Å². The molecule has 1 aromatic carbocycles. The number of nitrogens with one attached hydrogen (secondary N) is 2. The third kappa shape index (κ3) is 4.46. The predicted octanol–water partition coefficient (Wildman–Crippen LogP) is 0.572. The molecule has 220 valence electrons. The molecule has 2 bridgehead atoms. The van der Waals surface area contributed by atoms with E-state index in [4.69, 9.17) is 9.47 Å². The number of carbonyl (C=O) groups excluding carboxylic acids is 2. The van der Waals surface area contributed by atoms with Gasteiger partial charge in [0.15, 0.2) is 11.5 Å². The van der Waals surface area contributed by atoms with Crippen molar-refractivity contribution in [3.8, 4) is 11.5 Å². The van der Waals surface area contributed by atoms with Crippen LogP contribution < -0.4 is 15.4 Å². The average Bonchev–Trinajstić information content (AvgIpc) is 3.22. The SMILES string of the molecule is CN1CC[C@]23c4c5ccc(O)c4O[C@H]2[C@@H](NC(=O)COCC(=O)NCCN(C(=O)O)C(C)(C)C)CC[C@@]3(O)C1C5. The molecule has 0 radical (unpaired) electrons. The second-order valence-electron chi connectivity index (χ2n) is 12.5. The summed E-state index contributed by atoms with van der Waals surface area (Å²) in [5.74, 6) is -0.416. The second kappa shape index (κ2) is 10.1. The van der Waals surface area contributed by atoms with E-state index >= 15 is 0 Å². The van der Waals surface area contributed by atoms with Crippen LogP contribution in [0.3, 0.4) is 0 Å². The van der Waals surface area contributed by atoms with E-state index in [-0.39, 0.29) is 38.1 Å². The number of ether oxygens (including phenoxy) is 2. The van der Waals surface area contributed by atoms with E-state index in [2.05, 4.69) is 15.5 Å². The number of hydrogen-bond donors (Lipinski definition) is 5. The highest BCUT2D eigenvalue weighted by atomic mass is 16.5. The van der Waals surface area contributed by atoms with Crippen molar-refractivity contribution in [1.29, 1.82) is 0 Å². The Morgan fingerprint density at radius 3 is 2.62 bits per heavy atom. The summed E-state index contributed by atoms with van der Waals surface area (Å²) in [6.07, 6.45) is 0.675. The van der Waals surface area contributed by atoms with Gasteiger partial charge in [0.25, 0.3) is 0 Å². The minimum atomic E-state index is -1.07. The molecule has 3 amide bonds. The van der Waals surface area contributed by atoms with Crippen LogP contribution in [-0.2, 0) is 26.2 Å². The molecule has 40 heavy (non-hydrogen) atoms. The smallest absolute Gasteiger partial charge is 0.407 e. The minimum absolute atomic E-state index is 0.0376. The van der Waals surface area contributed by atoms with Crippen molar-refractivity contribution in [2.24, 2.45) is 0 Å². The lowest BCUT2D eigenvalue weighted by Crippen LogP contribution is -2.77. The standard InChI is InChI=1S/C28H40N4O8/c1-26(2,3)32(25(36)37)12-10-29-20(34)14-39-15-21(35)30-17-7-8-28(38)19-13-16-5-6-18(33)23-22(16)27(28,24(17)40-23)9-11-31(19)4/h5-6,17,19,24,33,38H,7-15H2,1-4H3,(H,29,34)(H,30,35)(H,36,37)/t17-,19?,24-,27-,28+/m0/s1. The fraction of sp³-hybridized carbons (Fsp3) is 0.679. The van der Waals surface area contributed by atoms with Crippen molar-refractivity contribution in [3.05, 3.63) is 23.3 Å². The number of carboxylic acid groups (broad SMARTS) is 1. The number of amides is 3.